The summed E-state index contributed by atoms with van der Waals surface area (Å²) < 4.78 is 5.19. The molecule has 6 nitrogen and oxygen atoms in total. The lowest BCUT2D eigenvalue weighted by atomic mass is 10.3. The van der Waals surface area contributed by atoms with E-state index in [9.17, 15) is 10.1 Å². The summed E-state index contributed by atoms with van der Waals surface area (Å²) in [4.78, 5) is 10.1. The number of nitro benzene ring substituents is 1. The van der Waals surface area contributed by atoms with Gasteiger partial charge in [0.25, 0.3) is 5.69 Å². The molecule has 1 heterocycles. The van der Waals surface area contributed by atoms with E-state index in [-0.39, 0.29) is 5.69 Å². The highest BCUT2D eigenvalue weighted by atomic mass is 35.5. The van der Waals surface area contributed by atoms with Crippen molar-refractivity contribution in [3.8, 4) is 0 Å². The number of hydrogen-bond acceptors (Lipinski definition) is 5. The summed E-state index contributed by atoms with van der Waals surface area (Å²) in [6.07, 6.45) is 1.63. The van der Waals surface area contributed by atoms with Gasteiger partial charge in [-0.2, -0.15) is 0 Å². The van der Waals surface area contributed by atoms with E-state index >= 15 is 0 Å². The Morgan fingerprint density at radius 3 is 2.80 bits per heavy atom. The molecule has 2 rings (SSSR count). The third-order valence-electron chi connectivity index (χ3n) is 2.66. The van der Waals surface area contributed by atoms with Gasteiger partial charge in [0.15, 0.2) is 0 Å². The van der Waals surface area contributed by atoms with E-state index in [1.54, 1.807) is 12.3 Å². The number of anilines is 1. The van der Waals surface area contributed by atoms with E-state index in [1.165, 1.54) is 12.1 Å². The molecule has 0 saturated carbocycles. The molecule has 0 amide bonds. The minimum atomic E-state index is -0.472. The fourth-order valence-electron chi connectivity index (χ4n) is 1.67. The molecule has 0 aliphatic heterocycles. The molecule has 0 radical (unpaired) electrons. The van der Waals surface area contributed by atoms with Crippen LogP contribution < -0.4 is 10.6 Å². The van der Waals surface area contributed by atoms with Crippen LogP contribution in [0.2, 0.25) is 5.02 Å². The monoisotopic (exact) mass is 295 g/mol. The maximum absolute atomic E-state index is 10.6. The Bertz CT molecular complexity index is 572. The maximum atomic E-state index is 10.6. The van der Waals surface area contributed by atoms with Crippen LogP contribution in [-0.2, 0) is 6.54 Å². The standard InChI is InChI=1S/C13H14ClN3O3/c14-12-8-10(17(18)19)3-4-13(12)16-6-5-15-9-11-2-1-7-20-11/h1-4,7-8,15-16H,5-6,9H2. The van der Waals surface area contributed by atoms with Crippen LogP contribution in [0.4, 0.5) is 11.4 Å². The van der Waals surface area contributed by atoms with Crippen LogP contribution in [0.5, 0.6) is 0 Å². The third kappa shape index (κ3) is 3.97. The van der Waals surface area contributed by atoms with Gasteiger partial charge in [-0.05, 0) is 18.2 Å². The molecule has 0 fully saturated rings. The number of rotatable bonds is 7. The SMILES string of the molecule is O=[N+]([O-])c1ccc(NCCNCc2ccco2)c(Cl)c1. The largest absolute Gasteiger partial charge is 0.468 e. The van der Waals surface area contributed by atoms with Gasteiger partial charge in [-0.1, -0.05) is 11.6 Å². The lowest BCUT2D eigenvalue weighted by Gasteiger charge is -2.08. The van der Waals surface area contributed by atoms with E-state index in [0.29, 0.717) is 30.3 Å². The first-order chi connectivity index (χ1) is 9.66. The summed E-state index contributed by atoms with van der Waals surface area (Å²) in [6.45, 7) is 2.02. The topological polar surface area (TPSA) is 80.3 Å². The van der Waals surface area contributed by atoms with Gasteiger partial charge in [-0.3, -0.25) is 10.1 Å². The molecule has 2 N–H and O–H groups in total. The van der Waals surface area contributed by atoms with E-state index in [1.807, 2.05) is 12.1 Å². The molecule has 0 aliphatic carbocycles. The second-order valence-electron chi connectivity index (χ2n) is 4.10. The molecule has 0 aliphatic rings. The first-order valence-electron chi connectivity index (χ1n) is 6.08. The van der Waals surface area contributed by atoms with E-state index in [2.05, 4.69) is 10.6 Å². The zero-order valence-electron chi connectivity index (χ0n) is 10.6. The number of benzene rings is 1. The van der Waals surface area contributed by atoms with Gasteiger partial charge < -0.3 is 15.1 Å². The predicted octanol–water partition coefficient (Wildman–Crippen LogP) is 3.04. The molecule has 1 aromatic heterocycles. The zero-order valence-corrected chi connectivity index (χ0v) is 11.4. The maximum Gasteiger partial charge on any atom is 0.271 e. The summed E-state index contributed by atoms with van der Waals surface area (Å²) >= 11 is 5.97. The summed E-state index contributed by atoms with van der Waals surface area (Å²) in [6, 6.07) is 8.09. The Morgan fingerprint density at radius 1 is 1.30 bits per heavy atom. The number of nitrogens with zero attached hydrogens (tertiary/aromatic N) is 1. The number of nitro groups is 1. The Balaban J connectivity index is 1.75. The normalized spacial score (nSPS) is 10.4. The van der Waals surface area contributed by atoms with Crippen LogP contribution >= 0.6 is 11.6 Å². The zero-order chi connectivity index (χ0) is 14.4. The first-order valence-corrected chi connectivity index (χ1v) is 6.45. The molecule has 106 valence electrons. The predicted molar refractivity (Wildman–Crippen MR) is 77.0 cm³/mol. The average molecular weight is 296 g/mol. The van der Waals surface area contributed by atoms with Crippen molar-refractivity contribution >= 4 is 23.0 Å². The molecule has 0 spiro atoms. The van der Waals surface area contributed by atoms with Crippen LogP contribution in [0.15, 0.2) is 41.0 Å². The Morgan fingerprint density at radius 2 is 2.15 bits per heavy atom. The lowest BCUT2D eigenvalue weighted by molar-refractivity contribution is -0.384. The van der Waals surface area contributed by atoms with Gasteiger partial charge in [0.1, 0.15) is 5.76 Å². The van der Waals surface area contributed by atoms with Crippen molar-refractivity contribution in [2.75, 3.05) is 18.4 Å². The van der Waals surface area contributed by atoms with Gasteiger partial charge in [-0.15, -0.1) is 0 Å². The van der Waals surface area contributed by atoms with Gasteiger partial charge in [0.05, 0.1) is 28.4 Å². The Hall–Kier alpha value is -2.05. The van der Waals surface area contributed by atoms with Gasteiger partial charge >= 0.3 is 0 Å². The summed E-state index contributed by atoms with van der Waals surface area (Å²) in [7, 11) is 0. The van der Waals surface area contributed by atoms with E-state index < -0.39 is 4.92 Å². The molecule has 0 atom stereocenters. The lowest BCUT2D eigenvalue weighted by Crippen LogP contribution is -2.21. The molecule has 0 bridgehead atoms. The van der Waals surface area contributed by atoms with Gasteiger partial charge in [0.2, 0.25) is 0 Å². The molecular weight excluding hydrogens is 282 g/mol. The van der Waals surface area contributed by atoms with Crippen LogP contribution in [-0.4, -0.2) is 18.0 Å². The molecule has 2 aromatic rings. The highest BCUT2D eigenvalue weighted by molar-refractivity contribution is 6.33. The van der Waals surface area contributed by atoms with Gasteiger partial charge in [0, 0.05) is 25.2 Å². The number of furan rings is 1. The molecule has 0 saturated heterocycles. The number of non-ortho nitro benzene ring substituents is 1. The Labute approximate surface area is 120 Å². The molecule has 20 heavy (non-hydrogen) atoms. The highest BCUT2D eigenvalue weighted by Gasteiger charge is 2.08. The summed E-state index contributed by atoms with van der Waals surface area (Å²) in [5.41, 5.74) is 0.661. The summed E-state index contributed by atoms with van der Waals surface area (Å²) in [5, 5.41) is 17.2. The van der Waals surface area contributed by atoms with Crippen molar-refractivity contribution in [3.63, 3.8) is 0 Å². The molecule has 1 aromatic carbocycles. The molecular formula is C13H14ClN3O3. The van der Waals surface area contributed by atoms with Crippen molar-refractivity contribution in [1.82, 2.24) is 5.32 Å². The summed E-state index contributed by atoms with van der Waals surface area (Å²) in [5.74, 6) is 0.873. The molecule has 0 unspecified atom stereocenters. The first kappa shape index (κ1) is 14.4. The van der Waals surface area contributed by atoms with Crippen LogP contribution in [0.25, 0.3) is 0 Å². The van der Waals surface area contributed by atoms with E-state index in [4.69, 9.17) is 16.0 Å². The van der Waals surface area contributed by atoms with Crippen molar-refractivity contribution in [2.24, 2.45) is 0 Å². The van der Waals surface area contributed by atoms with Crippen molar-refractivity contribution in [2.45, 2.75) is 6.54 Å². The number of nitrogens with one attached hydrogen (secondary N) is 2. The Kier molecular flexibility index (Phi) is 4.97. The third-order valence-corrected chi connectivity index (χ3v) is 2.97. The minimum absolute atomic E-state index is 0.0171. The van der Waals surface area contributed by atoms with Crippen molar-refractivity contribution in [3.05, 3.63) is 57.5 Å². The van der Waals surface area contributed by atoms with Crippen molar-refractivity contribution in [1.29, 1.82) is 0 Å². The average Bonchev–Trinajstić information content (AvgIpc) is 2.93. The van der Waals surface area contributed by atoms with Gasteiger partial charge in [-0.25, -0.2) is 0 Å². The number of hydrogen-bond donors (Lipinski definition) is 2. The van der Waals surface area contributed by atoms with Crippen LogP contribution in [0, 0.1) is 10.1 Å². The smallest absolute Gasteiger partial charge is 0.271 e. The van der Waals surface area contributed by atoms with Crippen LogP contribution in [0.3, 0.4) is 0 Å². The van der Waals surface area contributed by atoms with E-state index in [0.717, 1.165) is 5.76 Å². The second-order valence-corrected chi connectivity index (χ2v) is 4.51. The minimum Gasteiger partial charge on any atom is -0.468 e. The fourth-order valence-corrected chi connectivity index (χ4v) is 1.91. The quantitative estimate of drug-likeness (QED) is 0.466. The van der Waals surface area contributed by atoms with Crippen molar-refractivity contribution < 1.29 is 9.34 Å². The number of halogens is 1. The second kappa shape index (κ2) is 6.93. The highest BCUT2D eigenvalue weighted by Crippen LogP contribution is 2.26. The van der Waals surface area contributed by atoms with Crippen LogP contribution in [0.1, 0.15) is 5.76 Å². The molecule has 7 heteroatoms. The fraction of sp³-hybridized carbons (Fsp3) is 0.231.